The van der Waals surface area contributed by atoms with Crippen molar-refractivity contribution in [3.05, 3.63) is 34.5 Å². The van der Waals surface area contributed by atoms with E-state index in [0.717, 1.165) is 6.42 Å². The molecule has 1 atom stereocenters. The van der Waals surface area contributed by atoms with Crippen molar-refractivity contribution in [1.82, 2.24) is 0 Å². The Kier molecular flexibility index (Phi) is 3.33. The van der Waals surface area contributed by atoms with Crippen molar-refractivity contribution >= 4 is 11.3 Å². The Bertz CT molecular complexity index is 213. The third-order valence-corrected chi connectivity index (χ3v) is 2.30. The summed E-state index contributed by atoms with van der Waals surface area (Å²) in [5.41, 5.74) is 0. The van der Waals surface area contributed by atoms with Crippen molar-refractivity contribution < 1.29 is 5.11 Å². The zero-order valence-corrected chi connectivity index (χ0v) is 7.34. The largest absolute Gasteiger partial charge is 0.389 e. The third kappa shape index (κ3) is 2.87. The molecule has 1 heterocycles. The lowest BCUT2D eigenvalue weighted by molar-refractivity contribution is 0.224. The molecule has 0 spiro atoms. The Hall–Kier alpha value is -0.600. The van der Waals surface area contributed by atoms with E-state index in [0.29, 0.717) is 0 Å². The first kappa shape index (κ1) is 8.50. The lowest BCUT2D eigenvalue weighted by Crippen LogP contribution is -2.04. The molecule has 0 aromatic carbocycles. The molecule has 0 aliphatic carbocycles. The van der Waals surface area contributed by atoms with Crippen molar-refractivity contribution in [3.8, 4) is 0 Å². The molecule has 1 nitrogen and oxygen atoms in total. The van der Waals surface area contributed by atoms with Crippen molar-refractivity contribution in [2.75, 3.05) is 0 Å². The van der Waals surface area contributed by atoms with E-state index in [1.54, 1.807) is 17.4 Å². The highest BCUT2D eigenvalue weighted by atomic mass is 32.1. The zero-order valence-electron chi connectivity index (χ0n) is 6.53. The summed E-state index contributed by atoms with van der Waals surface area (Å²) in [5, 5.41) is 11.4. The van der Waals surface area contributed by atoms with Crippen LogP contribution >= 0.6 is 11.3 Å². The van der Waals surface area contributed by atoms with Gasteiger partial charge in [-0.15, -0.1) is 11.3 Å². The molecule has 0 saturated carbocycles. The standard InChI is InChI=1S/C9H12OS/c1-2-4-8(10)7-9-5-3-6-11-9/h2-6,8,10H,7H2,1H3/b4-2+. The minimum atomic E-state index is -0.321. The van der Waals surface area contributed by atoms with E-state index < -0.39 is 0 Å². The summed E-state index contributed by atoms with van der Waals surface area (Å²) in [5.74, 6) is 0. The van der Waals surface area contributed by atoms with E-state index in [9.17, 15) is 5.11 Å². The summed E-state index contributed by atoms with van der Waals surface area (Å²) in [7, 11) is 0. The molecule has 0 aliphatic rings. The second kappa shape index (κ2) is 4.31. The summed E-state index contributed by atoms with van der Waals surface area (Å²) in [4.78, 5) is 1.23. The Morgan fingerprint density at radius 1 is 1.73 bits per heavy atom. The van der Waals surface area contributed by atoms with Crippen molar-refractivity contribution in [2.45, 2.75) is 19.4 Å². The molecule has 2 heteroatoms. The molecule has 1 aromatic rings. The lowest BCUT2D eigenvalue weighted by atomic mass is 10.2. The highest BCUT2D eigenvalue weighted by molar-refractivity contribution is 7.09. The molecule has 0 saturated heterocycles. The second-order valence-electron chi connectivity index (χ2n) is 2.38. The monoisotopic (exact) mass is 168 g/mol. The van der Waals surface area contributed by atoms with Gasteiger partial charge in [0.05, 0.1) is 6.10 Å². The normalized spacial score (nSPS) is 14.0. The summed E-state index contributed by atoms with van der Waals surface area (Å²) in [6, 6.07) is 4.04. The SMILES string of the molecule is C/C=C/C(O)Cc1cccs1. The van der Waals surface area contributed by atoms with Crippen LogP contribution in [-0.4, -0.2) is 11.2 Å². The number of hydrogen-bond acceptors (Lipinski definition) is 2. The molecule has 11 heavy (non-hydrogen) atoms. The Balaban J connectivity index is 2.43. The number of allylic oxidation sites excluding steroid dienone is 1. The van der Waals surface area contributed by atoms with Crippen molar-refractivity contribution in [3.63, 3.8) is 0 Å². The first-order valence-electron chi connectivity index (χ1n) is 3.66. The molecule has 1 N–H and O–H groups in total. The fraction of sp³-hybridized carbons (Fsp3) is 0.333. The van der Waals surface area contributed by atoms with Gasteiger partial charge < -0.3 is 5.11 Å². The van der Waals surface area contributed by atoms with Gasteiger partial charge in [-0.3, -0.25) is 0 Å². The summed E-state index contributed by atoms with van der Waals surface area (Å²) in [6.45, 7) is 1.91. The van der Waals surface area contributed by atoms with Crippen LogP contribution in [0.15, 0.2) is 29.7 Å². The van der Waals surface area contributed by atoms with Crippen LogP contribution in [-0.2, 0) is 6.42 Å². The van der Waals surface area contributed by atoms with Crippen LogP contribution in [0.2, 0.25) is 0 Å². The predicted molar refractivity (Wildman–Crippen MR) is 48.8 cm³/mol. The molecular formula is C9H12OS. The van der Waals surface area contributed by atoms with Gasteiger partial charge in [-0.05, 0) is 18.4 Å². The Labute approximate surface area is 71.0 Å². The van der Waals surface area contributed by atoms with Gasteiger partial charge in [0, 0.05) is 11.3 Å². The number of hydrogen-bond donors (Lipinski definition) is 1. The molecule has 0 fully saturated rings. The first-order valence-corrected chi connectivity index (χ1v) is 4.54. The molecule has 0 radical (unpaired) electrons. The smallest absolute Gasteiger partial charge is 0.0769 e. The molecule has 0 bridgehead atoms. The molecule has 1 rings (SSSR count). The van der Waals surface area contributed by atoms with Crippen LogP contribution < -0.4 is 0 Å². The zero-order chi connectivity index (χ0) is 8.10. The van der Waals surface area contributed by atoms with E-state index in [-0.39, 0.29) is 6.10 Å². The van der Waals surface area contributed by atoms with Crippen LogP contribution in [0.25, 0.3) is 0 Å². The summed E-state index contributed by atoms with van der Waals surface area (Å²) in [6.07, 6.45) is 4.10. The first-order chi connectivity index (χ1) is 5.33. The van der Waals surface area contributed by atoms with E-state index in [2.05, 4.69) is 0 Å². The maximum Gasteiger partial charge on any atom is 0.0769 e. The average molecular weight is 168 g/mol. The highest BCUT2D eigenvalue weighted by Gasteiger charge is 2.00. The van der Waals surface area contributed by atoms with Crippen molar-refractivity contribution in [2.24, 2.45) is 0 Å². The fourth-order valence-electron chi connectivity index (χ4n) is 0.925. The van der Waals surface area contributed by atoms with Crippen LogP contribution in [0, 0.1) is 0 Å². The predicted octanol–water partition coefficient (Wildman–Crippen LogP) is 2.23. The van der Waals surface area contributed by atoms with E-state index in [1.807, 2.05) is 30.5 Å². The topological polar surface area (TPSA) is 20.2 Å². The molecule has 0 aliphatic heterocycles. The molecule has 60 valence electrons. The van der Waals surface area contributed by atoms with Gasteiger partial charge >= 0.3 is 0 Å². The number of aliphatic hydroxyl groups excluding tert-OH is 1. The molecule has 1 aromatic heterocycles. The van der Waals surface area contributed by atoms with E-state index >= 15 is 0 Å². The molecule has 1 unspecified atom stereocenters. The molecular weight excluding hydrogens is 156 g/mol. The quantitative estimate of drug-likeness (QED) is 0.686. The summed E-state index contributed by atoms with van der Waals surface area (Å²) >= 11 is 1.68. The van der Waals surface area contributed by atoms with E-state index in [1.165, 1.54) is 4.88 Å². The fourth-order valence-corrected chi connectivity index (χ4v) is 1.68. The Morgan fingerprint density at radius 2 is 2.55 bits per heavy atom. The van der Waals surface area contributed by atoms with Gasteiger partial charge in [-0.1, -0.05) is 18.2 Å². The maximum atomic E-state index is 9.34. The van der Waals surface area contributed by atoms with E-state index in [4.69, 9.17) is 0 Å². The second-order valence-corrected chi connectivity index (χ2v) is 3.41. The highest BCUT2D eigenvalue weighted by Crippen LogP contribution is 2.11. The summed E-state index contributed by atoms with van der Waals surface area (Å²) < 4.78 is 0. The minimum absolute atomic E-state index is 0.321. The van der Waals surface area contributed by atoms with Crippen LogP contribution in [0.3, 0.4) is 0 Å². The number of aliphatic hydroxyl groups is 1. The van der Waals surface area contributed by atoms with Gasteiger partial charge in [0.15, 0.2) is 0 Å². The van der Waals surface area contributed by atoms with Crippen LogP contribution in [0.5, 0.6) is 0 Å². The number of rotatable bonds is 3. The minimum Gasteiger partial charge on any atom is -0.389 e. The molecule has 0 amide bonds. The van der Waals surface area contributed by atoms with Crippen molar-refractivity contribution in [1.29, 1.82) is 0 Å². The van der Waals surface area contributed by atoms with Gasteiger partial charge in [0.1, 0.15) is 0 Å². The van der Waals surface area contributed by atoms with Crippen LogP contribution in [0.4, 0.5) is 0 Å². The van der Waals surface area contributed by atoms with Gasteiger partial charge in [0.2, 0.25) is 0 Å². The average Bonchev–Trinajstić information content (AvgIpc) is 2.40. The maximum absolute atomic E-state index is 9.34. The van der Waals surface area contributed by atoms with Crippen LogP contribution in [0.1, 0.15) is 11.8 Å². The lowest BCUT2D eigenvalue weighted by Gasteiger charge is -2.01. The Morgan fingerprint density at radius 3 is 3.09 bits per heavy atom. The van der Waals surface area contributed by atoms with Gasteiger partial charge in [-0.25, -0.2) is 0 Å². The third-order valence-electron chi connectivity index (χ3n) is 1.41. The number of thiophene rings is 1. The van der Waals surface area contributed by atoms with Gasteiger partial charge in [0.25, 0.3) is 0 Å². The van der Waals surface area contributed by atoms with Gasteiger partial charge in [-0.2, -0.15) is 0 Å².